The van der Waals surface area contributed by atoms with E-state index >= 15 is 0 Å². The molecule has 1 aromatic heterocycles. The van der Waals surface area contributed by atoms with Gasteiger partial charge in [0.15, 0.2) is 0 Å². The quantitative estimate of drug-likeness (QED) is 0.608. The lowest BCUT2D eigenvalue weighted by molar-refractivity contribution is -0.116. The number of nitrogens with one attached hydrogen (secondary N) is 2. The Hall–Kier alpha value is -1.77. The Morgan fingerprint density at radius 1 is 1.05 bits per heavy atom. The zero-order valence-corrected chi connectivity index (χ0v) is 13.0. The molecule has 21 heavy (non-hydrogen) atoms. The third-order valence-electron chi connectivity index (χ3n) is 3.85. The number of benzene rings is 1. The number of carbonyl (C=O) groups excluding carboxylic acids is 1. The number of hydrogen-bond donors (Lipinski definition) is 2. The molecule has 2 rings (SSSR count). The molecule has 0 saturated carbocycles. The van der Waals surface area contributed by atoms with Gasteiger partial charge in [-0.3, -0.25) is 4.79 Å². The van der Waals surface area contributed by atoms with Crippen LogP contribution in [0.1, 0.15) is 58.3 Å². The van der Waals surface area contributed by atoms with Crippen molar-refractivity contribution in [2.75, 3.05) is 5.32 Å². The van der Waals surface area contributed by atoms with E-state index in [0.29, 0.717) is 6.42 Å². The molecule has 0 atom stereocenters. The fourth-order valence-corrected chi connectivity index (χ4v) is 2.59. The van der Waals surface area contributed by atoms with Gasteiger partial charge in [0.1, 0.15) is 0 Å². The summed E-state index contributed by atoms with van der Waals surface area (Å²) >= 11 is 0. The van der Waals surface area contributed by atoms with Crippen molar-refractivity contribution < 1.29 is 4.79 Å². The Morgan fingerprint density at radius 2 is 1.81 bits per heavy atom. The van der Waals surface area contributed by atoms with Crippen molar-refractivity contribution in [2.45, 2.75) is 58.3 Å². The van der Waals surface area contributed by atoms with Gasteiger partial charge in [-0.25, -0.2) is 0 Å². The normalized spacial score (nSPS) is 10.9. The van der Waals surface area contributed by atoms with E-state index in [4.69, 9.17) is 0 Å². The molecule has 1 aromatic carbocycles. The van der Waals surface area contributed by atoms with E-state index in [1.54, 1.807) is 0 Å². The Balaban J connectivity index is 1.65. The largest absolute Gasteiger partial charge is 0.361 e. The van der Waals surface area contributed by atoms with Crippen LogP contribution < -0.4 is 5.32 Å². The summed E-state index contributed by atoms with van der Waals surface area (Å²) in [6.45, 7) is 2.23. The third-order valence-corrected chi connectivity index (χ3v) is 3.85. The Bertz CT molecular complexity index is 559. The average molecular weight is 286 g/mol. The molecule has 0 unspecified atom stereocenters. The molecule has 0 spiro atoms. The predicted octanol–water partition coefficient (Wildman–Crippen LogP) is 5.25. The summed E-state index contributed by atoms with van der Waals surface area (Å²) in [7, 11) is 0. The van der Waals surface area contributed by atoms with E-state index in [1.807, 2.05) is 30.5 Å². The highest BCUT2D eigenvalue weighted by Gasteiger charge is 2.03. The maximum atomic E-state index is 11.9. The summed E-state index contributed by atoms with van der Waals surface area (Å²) in [4.78, 5) is 15.1. The first-order valence-electron chi connectivity index (χ1n) is 8.16. The van der Waals surface area contributed by atoms with Gasteiger partial charge in [-0.15, -0.1) is 0 Å². The lowest BCUT2D eigenvalue weighted by Gasteiger charge is -2.05. The third kappa shape index (κ3) is 5.25. The van der Waals surface area contributed by atoms with E-state index in [0.717, 1.165) is 24.0 Å². The Morgan fingerprint density at radius 3 is 2.62 bits per heavy atom. The van der Waals surface area contributed by atoms with Crippen molar-refractivity contribution in [1.29, 1.82) is 0 Å². The van der Waals surface area contributed by atoms with Crippen LogP contribution in [0.15, 0.2) is 30.5 Å². The minimum Gasteiger partial charge on any atom is -0.361 e. The molecule has 3 nitrogen and oxygen atoms in total. The van der Waals surface area contributed by atoms with Gasteiger partial charge in [0.2, 0.25) is 5.91 Å². The van der Waals surface area contributed by atoms with Crippen LogP contribution in [-0.2, 0) is 4.79 Å². The number of fused-ring (bicyclic) bond motifs is 1. The van der Waals surface area contributed by atoms with Gasteiger partial charge in [0.25, 0.3) is 0 Å². The topological polar surface area (TPSA) is 44.9 Å². The van der Waals surface area contributed by atoms with Crippen molar-refractivity contribution in [2.24, 2.45) is 0 Å². The van der Waals surface area contributed by atoms with Crippen LogP contribution in [-0.4, -0.2) is 10.9 Å². The molecule has 2 aromatic rings. The second-order valence-corrected chi connectivity index (χ2v) is 5.70. The van der Waals surface area contributed by atoms with Gasteiger partial charge in [0.05, 0.1) is 0 Å². The molecular weight excluding hydrogens is 260 g/mol. The van der Waals surface area contributed by atoms with Gasteiger partial charge in [-0.2, -0.15) is 0 Å². The van der Waals surface area contributed by atoms with Gasteiger partial charge >= 0.3 is 0 Å². The summed E-state index contributed by atoms with van der Waals surface area (Å²) in [5.41, 5.74) is 1.93. The number of carbonyl (C=O) groups is 1. The first-order valence-corrected chi connectivity index (χ1v) is 8.16. The highest BCUT2D eigenvalue weighted by molar-refractivity contribution is 5.93. The molecule has 1 heterocycles. The van der Waals surface area contributed by atoms with Crippen LogP contribution in [0.25, 0.3) is 10.9 Å². The van der Waals surface area contributed by atoms with Crippen LogP contribution in [0, 0.1) is 0 Å². The minimum atomic E-state index is 0.120. The Labute approximate surface area is 127 Å². The van der Waals surface area contributed by atoms with Crippen LogP contribution in [0.4, 0.5) is 5.69 Å². The molecule has 3 heteroatoms. The Kier molecular flexibility index (Phi) is 6.32. The summed E-state index contributed by atoms with van der Waals surface area (Å²) in [6.07, 6.45) is 11.2. The first-order chi connectivity index (χ1) is 10.3. The molecule has 0 radical (unpaired) electrons. The fourth-order valence-electron chi connectivity index (χ4n) is 2.59. The van der Waals surface area contributed by atoms with E-state index < -0.39 is 0 Å². The molecule has 0 fully saturated rings. The van der Waals surface area contributed by atoms with E-state index in [2.05, 4.69) is 17.2 Å². The van der Waals surface area contributed by atoms with Crippen molar-refractivity contribution >= 4 is 22.5 Å². The summed E-state index contributed by atoms with van der Waals surface area (Å²) in [6, 6.07) is 7.99. The molecule has 0 aliphatic carbocycles. The van der Waals surface area contributed by atoms with Gasteiger partial charge < -0.3 is 10.3 Å². The SMILES string of the molecule is CCCCCCCCCC(=O)Nc1ccc2cc[nH]c2c1. The number of amides is 1. The van der Waals surface area contributed by atoms with Crippen molar-refractivity contribution in [1.82, 2.24) is 4.98 Å². The fraction of sp³-hybridized carbons (Fsp3) is 0.500. The number of anilines is 1. The van der Waals surface area contributed by atoms with E-state index in [-0.39, 0.29) is 5.91 Å². The predicted molar refractivity (Wildman–Crippen MR) is 89.5 cm³/mol. The van der Waals surface area contributed by atoms with E-state index in [1.165, 1.54) is 37.5 Å². The number of H-pyrrole nitrogens is 1. The molecule has 0 bridgehead atoms. The monoisotopic (exact) mass is 286 g/mol. The molecule has 2 N–H and O–H groups in total. The average Bonchev–Trinajstić information content (AvgIpc) is 2.94. The summed E-state index contributed by atoms with van der Waals surface area (Å²) in [5, 5.41) is 4.14. The zero-order chi connectivity index (χ0) is 14.9. The molecule has 1 amide bonds. The van der Waals surface area contributed by atoms with Crippen LogP contribution in [0.3, 0.4) is 0 Å². The molecule has 0 saturated heterocycles. The molecule has 0 aliphatic heterocycles. The zero-order valence-electron chi connectivity index (χ0n) is 13.0. The minimum absolute atomic E-state index is 0.120. The second-order valence-electron chi connectivity index (χ2n) is 5.70. The highest BCUT2D eigenvalue weighted by atomic mass is 16.1. The number of unbranched alkanes of at least 4 members (excludes halogenated alkanes) is 6. The van der Waals surface area contributed by atoms with Crippen molar-refractivity contribution in [3.63, 3.8) is 0 Å². The lowest BCUT2D eigenvalue weighted by Crippen LogP contribution is -2.10. The summed E-state index contributed by atoms with van der Waals surface area (Å²) in [5.74, 6) is 0.120. The first kappa shape index (κ1) is 15.6. The number of aromatic nitrogens is 1. The highest BCUT2D eigenvalue weighted by Crippen LogP contribution is 2.18. The van der Waals surface area contributed by atoms with Gasteiger partial charge in [0, 0.05) is 23.8 Å². The lowest BCUT2D eigenvalue weighted by atomic mass is 10.1. The standard InChI is InChI=1S/C18H26N2O/c1-2-3-4-5-6-7-8-9-18(21)20-16-11-10-15-12-13-19-17(15)14-16/h10-14,19H,2-9H2,1H3,(H,20,21). The maximum Gasteiger partial charge on any atom is 0.224 e. The van der Waals surface area contributed by atoms with Gasteiger partial charge in [-0.05, 0) is 30.0 Å². The van der Waals surface area contributed by atoms with Crippen LogP contribution >= 0.6 is 0 Å². The number of hydrogen-bond acceptors (Lipinski definition) is 1. The summed E-state index contributed by atoms with van der Waals surface area (Å²) < 4.78 is 0. The molecule has 0 aliphatic rings. The number of rotatable bonds is 9. The molecular formula is C18H26N2O. The molecule has 114 valence electrons. The van der Waals surface area contributed by atoms with Crippen LogP contribution in [0.5, 0.6) is 0 Å². The smallest absolute Gasteiger partial charge is 0.224 e. The van der Waals surface area contributed by atoms with Crippen molar-refractivity contribution in [3.05, 3.63) is 30.5 Å². The van der Waals surface area contributed by atoms with Crippen LogP contribution in [0.2, 0.25) is 0 Å². The number of aromatic amines is 1. The second kappa shape index (κ2) is 8.50. The van der Waals surface area contributed by atoms with Crippen molar-refractivity contribution in [3.8, 4) is 0 Å². The van der Waals surface area contributed by atoms with E-state index in [9.17, 15) is 4.79 Å². The van der Waals surface area contributed by atoms with Gasteiger partial charge in [-0.1, -0.05) is 51.5 Å². The maximum absolute atomic E-state index is 11.9.